The summed E-state index contributed by atoms with van der Waals surface area (Å²) in [5.41, 5.74) is -0.174. The van der Waals surface area contributed by atoms with Gasteiger partial charge in [-0.1, -0.05) is 50.1 Å². The molecule has 0 aliphatic rings. The summed E-state index contributed by atoms with van der Waals surface area (Å²) in [6.07, 6.45) is 2.72. The summed E-state index contributed by atoms with van der Waals surface area (Å²) in [5.74, 6) is -0.910. The topological polar surface area (TPSA) is 87.1 Å². The van der Waals surface area contributed by atoms with Crippen LogP contribution in [0.4, 0.5) is 0 Å². The summed E-state index contributed by atoms with van der Waals surface area (Å²) >= 11 is 0. The van der Waals surface area contributed by atoms with Crippen LogP contribution in [-0.2, 0) is 0 Å². The van der Waals surface area contributed by atoms with Gasteiger partial charge in [0, 0.05) is 12.0 Å². The van der Waals surface area contributed by atoms with E-state index in [1.165, 1.54) is 0 Å². The average Bonchev–Trinajstić information content (AvgIpc) is 2.89. The smallest absolute Gasteiger partial charge is 0.299 e. The number of hydrogen-bond acceptors (Lipinski definition) is 5. The highest BCUT2D eigenvalue weighted by atomic mass is 16.8. The fourth-order valence-corrected chi connectivity index (χ4v) is 2.01. The molecular formula is C15H16N2O4. The molecule has 21 heavy (non-hydrogen) atoms. The molecule has 2 aromatic rings. The number of rotatable bonds is 7. The Hall–Kier alpha value is -2.50. The van der Waals surface area contributed by atoms with Crippen molar-refractivity contribution in [2.75, 3.05) is 0 Å². The summed E-state index contributed by atoms with van der Waals surface area (Å²) in [4.78, 5) is 24.4. The molecule has 110 valence electrons. The van der Waals surface area contributed by atoms with Gasteiger partial charge in [0.25, 0.3) is 11.4 Å². The summed E-state index contributed by atoms with van der Waals surface area (Å²) in [5, 5.41) is 15.0. The molecule has 0 saturated carbocycles. The lowest BCUT2D eigenvalue weighted by Crippen LogP contribution is -2.32. The van der Waals surface area contributed by atoms with E-state index in [0.29, 0.717) is 12.0 Å². The van der Waals surface area contributed by atoms with Crippen molar-refractivity contribution >= 4 is 11.6 Å². The third kappa shape index (κ3) is 3.34. The lowest BCUT2D eigenvalue weighted by atomic mass is 10.0. The quantitative estimate of drug-likeness (QED) is 0.443. The zero-order chi connectivity index (χ0) is 15.2. The first kappa shape index (κ1) is 14.9. The van der Waals surface area contributed by atoms with E-state index in [2.05, 4.69) is 9.79 Å². The number of hydrogen-bond donors (Lipinski definition) is 0. The first-order chi connectivity index (χ1) is 10.1. The van der Waals surface area contributed by atoms with Gasteiger partial charge in [0.2, 0.25) is 11.6 Å². The van der Waals surface area contributed by atoms with Crippen molar-refractivity contribution in [3.8, 4) is 0 Å². The van der Waals surface area contributed by atoms with Gasteiger partial charge in [-0.25, -0.2) is 0 Å². The minimum Gasteiger partial charge on any atom is -0.359 e. The summed E-state index contributed by atoms with van der Waals surface area (Å²) in [6, 6.07) is 8.35. The van der Waals surface area contributed by atoms with Crippen molar-refractivity contribution in [3.05, 3.63) is 52.5 Å². The fourth-order valence-electron chi connectivity index (χ4n) is 2.01. The molecule has 6 heteroatoms. The Bertz CT molecular complexity index is 634. The number of Topliss-reactive ketones (excluding diaryl/α,β-unsaturated/α-hetero) is 1. The van der Waals surface area contributed by atoms with Crippen LogP contribution >= 0.6 is 0 Å². The van der Waals surface area contributed by atoms with Crippen LogP contribution in [0.5, 0.6) is 0 Å². The maximum Gasteiger partial charge on any atom is 0.299 e. The van der Waals surface area contributed by atoms with Gasteiger partial charge in [-0.05, 0) is 11.3 Å². The van der Waals surface area contributed by atoms with Crippen molar-refractivity contribution in [2.45, 2.75) is 32.6 Å². The van der Waals surface area contributed by atoms with E-state index in [1.807, 2.05) is 6.92 Å². The number of carbonyl (C=O) groups excluding carboxylic acids is 2. The molecule has 1 aromatic heterocycles. The minimum atomic E-state index is -0.493. The molecule has 0 saturated heterocycles. The van der Waals surface area contributed by atoms with Crippen LogP contribution in [0.2, 0.25) is 0 Å². The Kier molecular flexibility index (Phi) is 4.81. The molecule has 1 heterocycles. The first-order valence-electron chi connectivity index (χ1n) is 6.87. The van der Waals surface area contributed by atoms with E-state index in [4.69, 9.17) is 0 Å². The molecule has 0 unspecified atom stereocenters. The minimum absolute atomic E-state index is 0.0183. The zero-order valence-electron chi connectivity index (χ0n) is 11.7. The molecule has 0 aliphatic carbocycles. The highest BCUT2D eigenvalue weighted by Gasteiger charge is 2.31. The maximum absolute atomic E-state index is 12.3. The van der Waals surface area contributed by atoms with E-state index in [0.717, 1.165) is 12.8 Å². The van der Waals surface area contributed by atoms with Crippen LogP contribution in [0, 0.1) is 5.21 Å². The van der Waals surface area contributed by atoms with E-state index in [1.54, 1.807) is 30.3 Å². The highest BCUT2D eigenvalue weighted by Crippen LogP contribution is 2.13. The molecule has 0 radical (unpaired) electrons. The normalized spacial score (nSPS) is 10.5. The van der Waals surface area contributed by atoms with Crippen molar-refractivity contribution in [2.24, 2.45) is 0 Å². The predicted octanol–water partition coefficient (Wildman–Crippen LogP) is 2.30. The average molecular weight is 288 g/mol. The van der Waals surface area contributed by atoms with Crippen LogP contribution in [0.15, 0.2) is 35.0 Å². The van der Waals surface area contributed by atoms with Crippen molar-refractivity contribution < 1.29 is 19.1 Å². The van der Waals surface area contributed by atoms with E-state index in [-0.39, 0.29) is 22.7 Å². The van der Waals surface area contributed by atoms with Crippen molar-refractivity contribution in [1.82, 2.24) is 5.16 Å². The molecule has 0 amide bonds. The monoisotopic (exact) mass is 288 g/mol. The van der Waals surface area contributed by atoms with E-state index >= 15 is 0 Å². The Morgan fingerprint density at radius 1 is 1.24 bits per heavy atom. The maximum atomic E-state index is 12.3. The number of unbranched alkanes of at least 4 members (excludes halogenated alkanes) is 2. The molecule has 0 aliphatic heterocycles. The summed E-state index contributed by atoms with van der Waals surface area (Å²) in [7, 11) is 0. The van der Waals surface area contributed by atoms with Crippen LogP contribution in [0.1, 0.15) is 59.1 Å². The van der Waals surface area contributed by atoms with Crippen LogP contribution in [0.3, 0.4) is 0 Å². The first-order valence-corrected chi connectivity index (χ1v) is 6.87. The summed E-state index contributed by atoms with van der Waals surface area (Å²) < 4.78 is 4.44. The molecule has 0 N–H and O–H groups in total. The highest BCUT2D eigenvalue weighted by molar-refractivity contribution is 6.13. The van der Waals surface area contributed by atoms with Crippen molar-refractivity contribution in [1.29, 1.82) is 0 Å². The number of benzene rings is 1. The van der Waals surface area contributed by atoms with Crippen molar-refractivity contribution in [3.63, 3.8) is 0 Å². The molecule has 0 bridgehead atoms. The standard InChI is InChI=1S/C15H16N2O4/c1-2-3-5-10-12(18)14-13(16-21-17(14)20)15(19)11-8-6-4-7-9-11/h4,6-9H,2-3,5,10H2,1H3. The van der Waals surface area contributed by atoms with E-state index in [9.17, 15) is 14.8 Å². The van der Waals surface area contributed by atoms with Gasteiger partial charge >= 0.3 is 0 Å². The lowest BCUT2D eigenvalue weighted by Gasteiger charge is -1.99. The molecule has 1 aromatic carbocycles. The molecule has 2 rings (SSSR count). The van der Waals surface area contributed by atoms with Gasteiger partial charge in [0.15, 0.2) is 0 Å². The fraction of sp³-hybridized carbons (Fsp3) is 0.333. The number of aromatic nitrogens is 2. The second kappa shape index (κ2) is 6.78. The largest absolute Gasteiger partial charge is 0.359 e. The molecule has 0 fully saturated rings. The second-order valence-corrected chi connectivity index (χ2v) is 4.70. The second-order valence-electron chi connectivity index (χ2n) is 4.70. The van der Waals surface area contributed by atoms with Gasteiger partial charge in [-0.15, -0.1) is 0 Å². The third-order valence-electron chi connectivity index (χ3n) is 3.14. The third-order valence-corrected chi connectivity index (χ3v) is 3.14. The van der Waals surface area contributed by atoms with Gasteiger partial charge < -0.3 is 5.21 Å². The molecule has 0 spiro atoms. The van der Waals surface area contributed by atoms with Gasteiger partial charge in [-0.2, -0.15) is 0 Å². The number of carbonyl (C=O) groups is 2. The van der Waals surface area contributed by atoms with Crippen LogP contribution in [0.25, 0.3) is 0 Å². The SMILES string of the molecule is CCCCCC(=O)c1c(C(=O)c2ccccc2)no[n+]1[O-]. The number of nitrogens with zero attached hydrogens (tertiary/aromatic N) is 2. The predicted molar refractivity (Wildman–Crippen MR) is 73.8 cm³/mol. The van der Waals surface area contributed by atoms with Crippen LogP contribution in [-0.4, -0.2) is 16.7 Å². The molecular weight excluding hydrogens is 272 g/mol. The van der Waals surface area contributed by atoms with Gasteiger partial charge in [0.05, 0.1) is 5.16 Å². The Balaban J connectivity index is 2.26. The Morgan fingerprint density at radius 2 is 1.95 bits per heavy atom. The van der Waals surface area contributed by atoms with Crippen LogP contribution < -0.4 is 4.90 Å². The molecule has 6 nitrogen and oxygen atoms in total. The Labute approximate surface area is 121 Å². The Morgan fingerprint density at radius 3 is 2.62 bits per heavy atom. The van der Waals surface area contributed by atoms with Gasteiger partial charge in [0.1, 0.15) is 0 Å². The van der Waals surface area contributed by atoms with E-state index < -0.39 is 11.6 Å². The zero-order valence-corrected chi connectivity index (χ0v) is 11.7. The number of ketones is 2. The summed E-state index contributed by atoms with van der Waals surface area (Å²) in [6.45, 7) is 2.02. The lowest BCUT2D eigenvalue weighted by molar-refractivity contribution is -0.803. The molecule has 0 atom stereocenters. The van der Waals surface area contributed by atoms with Gasteiger partial charge in [-0.3, -0.25) is 14.2 Å².